The molecule has 0 N–H and O–H groups in total. The van der Waals surface area contributed by atoms with Gasteiger partial charge in [0.1, 0.15) is 12.3 Å². The molecule has 0 heterocycles. The molecular weight excluding hydrogens is 302 g/mol. The van der Waals surface area contributed by atoms with E-state index in [1.165, 1.54) is 30.3 Å². The predicted octanol–water partition coefficient (Wildman–Crippen LogP) is 2.99. The average Bonchev–Trinajstić information content (AvgIpc) is 2.56. The van der Waals surface area contributed by atoms with Crippen molar-refractivity contribution < 1.29 is 19.4 Å². The zero-order valence-corrected chi connectivity index (χ0v) is 11.8. The highest BCUT2D eigenvalue weighted by molar-refractivity contribution is 5.85. The normalized spacial score (nSPS) is 9.57. The Kier molecular flexibility index (Phi) is 5.16. The molecule has 23 heavy (non-hydrogen) atoms. The number of ether oxygens (including phenoxy) is 1. The van der Waals surface area contributed by atoms with E-state index in [0.29, 0.717) is 5.56 Å². The highest BCUT2D eigenvalue weighted by Crippen LogP contribution is 2.20. The summed E-state index contributed by atoms with van der Waals surface area (Å²) in [6.45, 7) is -0.0858. The first-order valence-electron chi connectivity index (χ1n) is 6.45. The second kappa shape index (κ2) is 7.48. The minimum atomic E-state index is -1.12. The molecule has 8 heteroatoms. The Bertz CT molecular complexity index is 739. The second-order valence-electron chi connectivity index (χ2n) is 4.31. The Hall–Kier alpha value is -3.51. The fraction of sp³-hybridized carbons (Fsp3) is 0.0667. The third-order valence-electron chi connectivity index (χ3n) is 2.81. The molecule has 0 fully saturated rings. The van der Waals surface area contributed by atoms with Gasteiger partial charge in [0.05, 0.1) is 5.69 Å². The van der Waals surface area contributed by atoms with Crippen molar-refractivity contribution in [2.45, 2.75) is 6.61 Å². The van der Waals surface area contributed by atoms with Gasteiger partial charge in [-0.2, -0.15) is 4.99 Å². The van der Waals surface area contributed by atoms with Crippen LogP contribution in [0.25, 0.3) is 0 Å². The summed E-state index contributed by atoms with van der Waals surface area (Å²) in [6, 6.07) is 14.1. The molecule has 0 bridgehead atoms. The molecule has 0 unspecified atom stereocenters. The van der Waals surface area contributed by atoms with Crippen LogP contribution in [0, 0.1) is 10.1 Å². The van der Waals surface area contributed by atoms with E-state index in [2.05, 4.69) is 4.99 Å². The topological polar surface area (TPSA) is 102 Å². The number of anilines is 1. The molecule has 2 aromatic rings. The molecule has 0 spiro atoms. The summed E-state index contributed by atoms with van der Waals surface area (Å²) in [7, 11) is 0. The van der Waals surface area contributed by atoms with E-state index in [-0.39, 0.29) is 23.0 Å². The van der Waals surface area contributed by atoms with E-state index in [9.17, 15) is 19.7 Å². The number of hydrogen-bond donors (Lipinski definition) is 0. The lowest BCUT2D eigenvalue weighted by atomic mass is 10.2. The summed E-state index contributed by atoms with van der Waals surface area (Å²) >= 11 is 0. The number of hydrazine groups is 1. The maximum atomic E-state index is 11.9. The number of benzene rings is 2. The molecule has 2 aromatic carbocycles. The van der Waals surface area contributed by atoms with Gasteiger partial charge in [-0.1, -0.05) is 30.3 Å². The van der Waals surface area contributed by atoms with Gasteiger partial charge < -0.3 is 4.74 Å². The molecule has 0 atom stereocenters. The Morgan fingerprint density at radius 1 is 1.17 bits per heavy atom. The number of rotatable bonds is 5. The Morgan fingerprint density at radius 2 is 1.83 bits per heavy atom. The number of nitro groups is 1. The predicted molar refractivity (Wildman–Crippen MR) is 80.3 cm³/mol. The zero-order valence-electron chi connectivity index (χ0n) is 11.8. The Balaban J connectivity index is 2.12. The first kappa shape index (κ1) is 15.9. The van der Waals surface area contributed by atoms with Crippen LogP contribution in [0.2, 0.25) is 0 Å². The van der Waals surface area contributed by atoms with Gasteiger partial charge in [-0.05, 0) is 29.8 Å². The molecule has 1 amide bonds. The van der Waals surface area contributed by atoms with E-state index >= 15 is 0 Å². The van der Waals surface area contributed by atoms with Crippen LogP contribution in [0.3, 0.4) is 0 Å². The maximum Gasteiger partial charge on any atom is 0.473 e. The van der Waals surface area contributed by atoms with E-state index < -0.39 is 11.1 Å². The second-order valence-corrected chi connectivity index (χ2v) is 4.31. The monoisotopic (exact) mass is 313 g/mol. The number of carbonyl (C=O) groups is 1. The fourth-order valence-electron chi connectivity index (χ4n) is 1.77. The Labute approximate surface area is 130 Å². The first-order chi connectivity index (χ1) is 11.1. The van der Waals surface area contributed by atoms with Gasteiger partial charge in [0.2, 0.25) is 6.08 Å². The van der Waals surface area contributed by atoms with Crippen LogP contribution in [-0.4, -0.2) is 17.2 Å². The number of aliphatic imine (C=N–C) groups is 1. The minimum absolute atomic E-state index is 0.0158. The highest BCUT2D eigenvalue weighted by atomic mass is 16.7. The lowest BCUT2D eigenvalue weighted by Crippen LogP contribution is -2.36. The van der Waals surface area contributed by atoms with Crippen molar-refractivity contribution >= 4 is 23.5 Å². The maximum absolute atomic E-state index is 11.9. The van der Waals surface area contributed by atoms with Gasteiger partial charge in [-0.15, -0.1) is 0 Å². The van der Waals surface area contributed by atoms with Crippen LogP contribution in [-0.2, 0) is 16.1 Å². The van der Waals surface area contributed by atoms with Crippen molar-refractivity contribution in [3.05, 3.63) is 70.3 Å². The van der Waals surface area contributed by atoms with E-state index in [0.717, 1.165) is 0 Å². The standard InChI is InChI=1S/C15H11N3O5/c19-11-16-13-6-8-14(9-7-13)17(18(21)22)15(20)23-10-12-4-2-1-3-5-12/h1-9H,10H2. The third-order valence-corrected chi connectivity index (χ3v) is 2.81. The molecular formula is C15H11N3O5. The van der Waals surface area contributed by atoms with Crippen molar-refractivity contribution in [3.63, 3.8) is 0 Å². The van der Waals surface area contributed by atoms with Crippen molar-refractivity contribution in [1.29, 1.82) is 0 Å². The molecule has 0 radical (unpaired) electrons. The van der Waals surface area contributed by atoms with Crippen LogP contribution >= 0.6 is 0 Å². The van der Waals surface area contributed by atoms with Crippen molar-refractivity contribution in [2.75, 3.05) is 5.01 Å². The van der Waals surface area contributed by atoms with Crippen molar-refractivity contribution in [3.8, 4) is 0 Å². The van der Waals surface area contributed by atoms with E-state index in [1.807, 2.05) is 0 Å². The van der Waals surface area contributed by atoms with Crippen LogP contribution in [0.1, 0.15) is 5.56 Å². The Morgan fingerprint density at radius 3 is 2.39 bits per heavy atom. The lowest BCUT2D eigenvalue weighted by molar-refractivity contribution is -0.483. The number of isocyanates is 1. The average molecular weight is 313 g/mol. The first-order valence-corrected chi connectivity index (χ1v) is 6.45. The molecule has 8 nitrogen and oxygen atoms in total. The zero-order chi connectivity index (χ0) is 16.7. The van der Waals surface area contributed by atoms with Gasteiger partial charge >= 0.3 is 6.09 Å². The molecule has 116 valence electrons. The summed E-state index contributed by atoms with van der Waals surface area (Å²) in [4.78, 5) is 36.6. The summed E-state index contributed by atoms with van der Waals surface area (Å²) in [6.07, 6.45) is 0.233. The summed E-state index contributed by atoms with van der Waals surface area (Å²) in [5.74, 6) is 0. The molecule has 2 rings (SSSR count). The van der Waals surface area contributed by atoms with Crippen LogP contribution in [0.4, 0.5) is 16.2 Å². The molecule has 0 aliphatic rings. The van der Waals surface area contributed by atoms with Crippen LogP contribution < -0.4 is 5.01 Å². The number of nitrogens with zero attached hydrogens (tertiary/aromatic N) is 3. The van der Waals surface area contributed by atoms with Crippen LogP contribution in [0.15, 0.2) is 59.6 Å². The quantitative estimate of drug-likeness (QED) is 0.365. The molecule has 0 aromatic heterocycles. The fourth-order valence-corrected chi connectivity index (χ4v) is 1.77. The van der Waals surface area contributed by atoms with Crippen LogP contribution in [0.5, 0.6) is 0 Å². The SMILES string of the molecule is O=C=Nc1ccc(N(C(=O)OCc2ccccc2)[N+](=O)[O-])cc1. The third kappa shape index (κ3) is 4.23. The molecule has 0 saturated heterocycles. The van der Waals surface area contributed by atoms with Gasteiger partial charge in [-0.25, -0.2) is 19.7 Å². The largest absolute Gasteiger partial charge is 0.473 e. The lowest BCUT2D eigenvalue weighted by Gasteiger charge is -2.12. The van der Waals surface area contributed by atoms with Gasteiger partial charge in [0.15, 0.2) is 5.03 Å². The number of hydrogen-bond acceptors (Lipinski definition) is 6. The van der Waals surface area contributed by atoms with E-state index in [4.69, 9.17) is 4.74 Å². The van der Waals surface area contributed by atoms with Crippen molar-refractivity contribution in [2.24, 2.45) is 4.99 Å². The summed E-state index contributed by atoms with van der Waals surface area (Å²) in [5.41, 5.74) is 0.961. The molecule has 0 saturated carbocycles. The molecule has 0 aliphatic carbocycles. The summed E-state index contributed by atoms with van der Waals surface area (Å²) in [5, 5.41) is 10.5. The number of amides is 1. The smallest absolute Gasteiger partial charge is 0.441 e. The molecule has 0 aliphatic heterocycles. The van der Waals surface area contributed by atoms with Gasteiger partial charge in [0.25, 0.3) is 0 Å². The summed E-state index contributed by atoms with van der Waals surface area (Å²) < 4.78 is 4.94. The van der Waals surface area contributed by atoms with E-state index in [1.54, 1.807) is 30.3 Å². The minimum Gasteiger partial charge on any atom is -0.441 e. The van der Waals surface area contributed by atoms with Crippen molar-refractivity contribution in [1.82, 2.24) is 0 Å². The van der Waals surface area contributed by atoms with Gasteiger partial charge in [0, 0.05) is 5.01 Å². The van der Waals surface area contributed by atoms with Gasteiger partial charge in [-0.3, -0.25) is 0 Å². The number of carbonyl (C=O) groups excluding carboxylic acids is 2. The highest BCUT2D eigenvalue weighted by Gasteiger charge is 2.28.